The van der Waals surface area contributed by atoms with Gasteiger partial charge >= 0.3 is 5.97 Å². The summed E-state index contributed by atoms with van der Waals surface area (Å²) in [7, 11) is 0. The van der Waals surface area contributed by atoms with E-state index in [0.717, 1.165) is 12.0 Å². The summed E-state index contributed by atoms with van der Waals surface area (Å²) in [6, 6.07) is 0. The number of allylic oxidation sites excluding steroid dienone is 9. The van der Waals surface area contributed by atoms with Crippen molar-refractivity contribution in [2.45, 2.75) is 53.9 Å². The molecule has 0 N–H and O–H groups in total. The highest BCUT2D eigenvalue weighted by molar-refractivity contribution is 5.83. The largest absolute Gasteiger partial charge is 0.463 e. The average Bonchev–Trinajstić information content (AvgIpc) is 2.82. The summed E-state index contributed by atoms with van der Waals surface area (Å²) in [5.41, 5.74) is 5.82. The zero-order chi connectivity index (χ0) is 17.7. The molecular formula is C22H30O2. The second-order valence-electron chi connectivity index (χ2n) is 7.47. The third kappa shape index (κ3) is 4.59. The molecule has 0 aromatic carbocycles. The van der Waals surface area contributed by atoms with E-state index in [4.69, 9.17) is 4.74 Å². The molecular weight excluding hydrogens is 296 g/mol. The fourth-order valence-electron chi connectivity index (χ4n) is 3.50. The first kappa shape index (κ1) is 18.5. The maximum Gasteiger partial charge on any atom is 0.330 e. The van der Waals surface area contributed by atoms with E-state index < -0.39 is 0 Å². The fraction of sp³-hybridized carbons (Fsp3) is 0.500. The van der Waals surface area contributed by atoms with Gasteiger partial charge in [0.05, 0.1) is 6.61 Å². The Labute approximate surface area is 146 Å². The number of carbonyl (C=O) groups excluding carboxylic acids is 1. The van der Waals surface area contributed by atoms with E-state index in [-0.39, 0.29) is 5.97 Å². The van der Waals surface area contributed by atoms with Crippen molar-refractivity contribution in [1.82, 2.24) is 0 Å². The maximum absolute atomic E-state index is 11.4. The monoisotopic (exact) mass is 326 g/mol. The number of rotatable bonds is 5. The zero-order valence-electron chi connectivity index (χ0n) is 15.7. The van der Waals surface area contributed by atoms with Crippen molar-refractivity contribution in [1.29, 1.82) is 0 Å². The molecule has 2 aliphatic carbocycles. The van der Waals surface area contributed by atoms with Gasteiger partial charge in [-0.1, -0.05) is 55.4 Å². The minimum absolute atomic E-state index is 0.279. The molecule has 130 valence electrons. The average molecular weight is 326 g/mol. The second kappa shape index (κ2) is 7.83. The third-order valence-electron chi connectivity index (χ3n) is 5.11. The van der Waals surface area contributed by atoms with Gasteiger partial charge in [-0.3, -0.25) is 0 Å². The Kier molecular flexibility index (Phi) is 6.04. The normalized spacial score (nSPS) is 23.8. The second-order valence-corrected chi connectivity index (χ2v) is 7.47. The summed E-state index contributed by atoms with van der Waals surface area (Å²) in [5.74, 6) is 0.207. The van der Waals surface area contributed by atoms with Crippen molar-refractivity contribution in [3.63, 3.8) is 0 Å². The Bertz CT molecular complexity index is 639. The predicted molar refractivity (Wildman–Crippen MR) is 101 cm³/mol. The first-order valence-electron chi connectivity index (χ1n) is 8.94. The topological polar surface area (TPSA) is 26.3 Å². The number of hydrogen-bond donors (Lipinski definition) is 0. The van der Waals surface area contributed by atoms with Crippen LogP contribution < -0.4 is 0 Å². The predicted octanol–water partition coefficient (Wildman–Crippen LogP) is 5.69. The van der Waals surface area contributed by atoms with Crippen molar-refractivity contribution in [2.24, 2.45) is 11.3 Å². The number of ether oxygens (including phenoxy) is 1. The Morgan fingerprint density at radius 2 is 2.12 bits per heavy atom. The van der Waals surface area contributed by atoms with Crippen LogP contribution in [0.1, 0.15) is 53.9 Å². The lowest BCUT2D eigenvalue weighted by Gasteiger charge is -2.28. The molecule has 0 saturated carbocycles. The highest BCUT2D eigenvalue weighted by atomic mass is 16.5. The molecule has 0 aliphatic heterocycles. The molecule has 0 bridgehead atoms. The van der Waals surface area contributed by atoms with Crippen LogP contribution >= 0.6 is 0 Å². The van der Waals surface area contributed by atoms with Crippen molar-refractivity contribution >= 4 is 5.97 Å². The van der Waals surface area contributed by atoms with E-state index in [1.54, 1.807) is 11.1 Å². The van der Waals surface area contributed by atoms with E-state index in [1.807, 2.05) is 26.0 Å². The zero-order valence-corrected chi connectivity index (χ0v) is 15.7. The molecule has 0 heterocycles. The quantitative estimate of drug-likeness (QED) is 0.368. The molecule has 24 heavy (non-hydrogen) atoms. The molecule has 1 unspecified atom stereocenters. The summed E-state index contributed by atoms with van der Waals surface area (Å²) in [6.45, 7) is 11.1. The summed E-state index contributed by atoms with van der Waals surface area (Å²) >= 11 is 0. The molecule has 0 spiro atoms. The van der Waals surface area contributed by atoms with Gasteiger partial charge in [-0.25, -0.2) is 4.79 Å². The van der Waals surface area contributed by atoms with Crippen LogP contribution in [0.2, 0.25) is 0 Å². The number of carbonyl (C=O) groups is 1. The van der Waals surface area contributed by atoms with Gasteiger partial charge < -0.3 is 4.74 Å². The minimum Gasteiger partial charge on any atom is -0.463 e. The van der Waals surface area contributed by atoms with E-state index in [1.165, 1.54) is 24.5 Å². The third-order valence-corrected chi connectivity index (χ3v) is 5.11. The summed E-state index contributed by atoms with van der Waals surface area (Å²) < 4.78 is 4.92. The molecule has 0 amide bonds. The molecule has 0 aromatic rings. The molecule has 1 atom stereocenters. The standard InChI is InChI=1S/C22H30O2/c1-6-24-21(23)14-16(2)8-7-9-17(3)19-11-10-18-12-13-22(4,5)20(18)15-19/h7-11,14,19H,6,12-13,15H2,1-5H3/b8-7+,16-14+,17-9-. The molecule has 2 heteroatoms. The van der Waals surface area contributed by atoms with Gasteiger partial charge in [-0.05, 0) is 56.6 Å². The Morgan fingerprint density at radius 3 is 2.83 bits per heavy atom. The van der Waals surface area contributed by atoms with Gasteiger partial charge in [0.25, 0.3) is 0 Å². The Morgan fingerprint density at radius 1 is 1.38 bits per heavy atom. The van der Waals surface area contributed by atoms with Gasteiger partial charge in [0.2, 0.25) is 0 Å². The lowest BCUT2D eigenvalue weighted by molar-refractivity contribution is -0.137. The molecule has 0 aromatic heterocycles. The van der Waals surface area contributed by atoms with E-state index >= 15 is 0 Å². The van der Waals surface area contributed by atoms with Crippen LogP contribution in [0.15, 0.2) is 58.7 Å². The van der Waals surface area contributed by atoms with Crippen LogP contribution in [0.5, 0.6) is 0 Å². The van der Waals surface area contributed by atoms with Crippen molar-refractivity contribution in [3.05, 3.63) is 58.7 Å². The molecule has 2 rings (SSSR count). The fourth-order valence-corrected chi connectivity index (χ4v) is 3.50. The van der Waals surface area contributed by atoms with Crippen LogP contribution in [-0.2, 0) is 9.53 Å². The molecule has 0 radical (unpaired) electrons. The first-order valence-corrected chi connectivity index (χ1v) is 8.94. The highest BCUT2D eigenvalue weighted by Crippen LogP contribution is 2.48. The molecule has 0 fully saturated rings. The van der Waals surface area contributed by atoms with Crippen LogP contribution in [-0.4, -0.2) is 12.6 Å². The number of esters is 1. The summed E-state index contributed by atoms with van der Waals surface area (Å²) in [4.78, 5) is 11.4. The Balaban J connectivity index is 1.99. The van der Waals surface area contributed by atoms with Crippen LogP contribution in [0, 0.1) is 11.3 Å². The summed E-state index contributed by atoms with van der Waals surface area (Å²) in [6.07, 6.45) is 16.0. The highest BCUT2D eigenvalue weighted by Gasteiger charge is 2.34. The van der Waals surface area contributed by atoms with Crippen LogP contribution in [0.25, 0.3) is 0 Å². The van der Waals surface area contributed by atoms with Gasteiger partial charge in [0.1, 0.15) is 0 Å². The lowest BCUT2D eigenvalue weighted by atomic mass is 9.77. The molecule has 2 aliphatic rings. The smallest absolute Gasteiger partial charge is 0.330 e. The molecule has 2 nitrogen and oxygen atoms in total. The Hall–Kier alpha value is -1.83. The van der Waals surface area contributed by atoms with Gasteiger partial charge in [-0.2, -0.15) is 0 Å². The lowest BCUT2D eigenvalue weighted by Crippen LogP contribution is -2.15. The van der Waals surface area contributed by atoms with Crippen LogP contribution in [0.3, 0.4) is 0 Å². The molecule has 0 saturated heterocycles. The maximum atomic E-state index is 11.4. The SMILES string of the molecule is CCOC(=O)/C=C(C)/C=C/C=C(/C)C1C=CC2=C(C1)C(C)(C)CC2. The van der Waals surface area contributed by atoms with Crippen LogP contribution in [0.4, 0.5) is 0 Å². The van der Waals surface area contributed by atoms with Gasteiger partial charge in [0, 0.05) is 12.0 Å². The number of hydrogen-bond acceptors (Lipinski definition) is 2. The summed E-state index contributed by atoms with van der Waals surface area (Å²) in [5, 5.41) is 0. The van der Waals surface area contributed by atoms with E-state index in [0.29, 0.717) is 17.9 Å². The minimum atomic E-state index is -0.279. The van der Waals surface area contributed by atoms with Crippen molar-refractivity contribution in [2.75, 3.05) is 6.61 Å². The van der Waals surface area contributed by atoms with E-state index in [9.17, 15) is 4.79 Å². The van der Waals surface area contributed by atoms with Crippen molar-refractivity contribution < 1.29 is 9.53 Å². The van der Waals surface area contributed by atoms with Crippen molar-refractivity contribution in [3.8, 4) is 0 Å². The van der Waals surface area contributed by atoms with Gasteiger partial charge in [0.15, 0.2) is 0 Å². The first-order chi connectivity index (χ1) is 11.3. The van der Waals surface area contributed by atoms with E-state index in [2.05, 4.69) is 39.0 Å². The van der Waals surface area contributed by atoms with Gasteiger partial charge in [-0.15, -0.1) is 0 Å².